The van der Waals surface area contributed by atoms with Crippen molar-refractivity contribution < 1.29 is 4.79 Å². The monoisotopic (exact) mass is 278 g/mol. The Balaban J connectivity index is 1.90. The van der Waals surface area contributed by atoms with Crippen LogP contribution in [-0.2, 0) is 0 Å². The molecule has 21 heavy (non-hydrogen) atoms. The van der Waals surface area contributed by atoms with E-state index in [1.807, 2.05) is 49.4 Å². The Kier molecular flexibility index (Phi) is 3.47. The first-order valence-corrected chi connectivity index (χ1v) is 6.56. The molecule has 104 valence electrons. The predicted octanol–water partition coefficient (Wildman–Crippen LogP) is 2.83. The van der Waals surface area contributed by atoms with Gasteiger partial charge < -0.3 is 5.32 Å². The fourth-order valence-electron chi connectivity index (χ4n) is 2.09. The molecule has 0 aliphatic carbocycles. The van der Waals surface area contributed by atoms with Gasteiger partial charge in [-0.05, 0) is 31.2 Å². The van der Waals surface area contributed by atoms with Gasteiger partial charge in [-0.3, -0.25) is 4.79 Å². The lowest BCUT2D eigenvalue weighted by molar-refractivity contribution is 0.102. The van der Waals surface area contributed by atoms with E-state index in [1.165, 1.54) is 6.33 Å². The van der Waals surface area contributed by atoms with Gasteiger partial charge in [0, 0.05) is 5.56 Å². The van der Waals surface area contributed by atoms with Gasteiger partial charge in [-0.25, -0.2) is 9.67 Å². The Morgan fingerprint density at radius 3 is 2.76 bits per heavy atom. The Bertz CT molecular complexity index is 765. The summed E-state index contributed by atoms with van der Waals surface area (Å²) in [7, 11) is 0. The van der Waals surface area contributed by atoms with Crippen LogP contribution in [0.3, 0.4) is 0 Å². The molecule has 1 aromatic heterocycles. The third-order valence-electron chi connectivity index (χ3n) is 3.10. The second-order valence-electron chi connectivity index (χ2n) is 4.68. The molecule has 3 rings (SSSR count). The van der Waals surface area contributed by atoms with E-state index in [9.17, 15) is 4.79 Å². The van der Waals surface area contributed by atoms with E-state index in [4.69, 9.17) is 0 Å². The number of nitrogens with zero attached hydrogens (tertiary/aromatic N) is 3. The van der Waals surface area contributed by atoms with E-state index in [1.54, 1.807) is 17.1 Å². The molecule has 0 spiro atoms. The van der Waals surface area contributed by atoms with E-state index in [-0.39, 0.29) is 5.91 Å². The lowest BCUT2D eigenvalue weighted by Crippen LogP contribution is -2.14. The number of amides is 1. The molecular weight excluding hydrogens is 264 g/mol. The molecule has 3 aromatic rings. The summed E-state index contributed by atoms with van der Waals surface area (Å²) in [6.07, 6.45) is 3.05. The van der Waals surface area contributed by atoms with Crippen LogP contribution in [0.4, 0.5) is 5.69 Å². The number of aromatic nitrogens is 3. The Morgan fingerprint density at radius 1 is 1.14 bits per heavy atom. The molecule has 0 aliphatic heterocycles. The van der Waals surface area contributed by atoms with Crippen molar-refractivity contribution in [1.29, 1.82) is 0 Å². The predicted molar refractivity (Wildman–Crippen MR) is 80.5 cm³/mol. The minimum Gasteiger partial charge on any atom is -0.320 e. The number of carbonyl (C=O) groups is 1. The average Bonchev–Trinajstić information content (AvgIpc) is 3.02. The zero-order chi connectivity index (χ0) is 14.7. The van der Waals surface area contributed by atoms with Crippen LogP contribution in [0.1, 0.15) is 15.9 Å². The first kappa shape index (κ1) is 13.1. The number of aryl methyl sites for hydroxylation is 1. The van der Waals surface area contributed by atoms with Gasteiger partial charge >= 0.3 is 0 Å². The molecule has 0 saturated carbocycles. The summed E-state index contributed by atoms with van der Waals surface area (Å²) in [4.78, 5) is 16.3. The third-order valence-corrected chi connectivity index (χ3v) is 3.10. The second-order valence-corrected chi connectivity index (χ2v) is 4.68. The van der Waals surface area contributed by atoms with Crippen LogP contribution in [0.25, 0.3) is 5.69 Å². The summed E-state index contributed by atoms with van der Waals surface area (Å²) in [6.45, 7) is 1.96. The molecule has 0 aliphatic rings. The van der Waals surface area contributed by atoms with Crippen molar-refractivity contribution in [3.63, 3.8) is 0 Å². The number of hydrogen-bond donors (Lipinski definition) is 1. The highest BCUT2D eigenvalue weighted by molar-refractivity contribution is 6.05. The van der Waals surface area contributed by atoms with Crippen molar-refractivity contribution in [2.75, 3.05) is 5.32 Å². The van der Waals surface area contributed by atoms with Crippen LogP contribution >= 0.6 is 0 Å². The van der Waals surface area contributed by atoms with Gasteiger partial charge in [0.1, 0.15) is 12.7 Å². The van der Waals surface area contributed by atoms with Gasteiger partial charge in [0.05, 0.1) is 11.4 Å². The summed E-state index contributed by atoms with van der Waals surface area (Å²) in [5, 5.41) is 7.01. The van der Waals surface area contributed by atoms with Gasteiger partial charge in [-0.2, -0.15) is 5.10 Å². The second kappa shape index (κ2) is 5.58. The number of hydrogen-bond acceptors (Lipinski definition) is 3. The first-order chi connectivity index (χ1) is 10.2. The van der Waals surface area contributed by atoms with Gasteiger partial charge in [0.15, 0.2) is 0 Å². The van der Waals surface area contributed by atoms with Crippen LogP contribution in [-0.4, -0.2) is 20.7 Å². The van der Waals surface area contributed by atoms with Crippen molar-refractivity contribution in [2.45, 2.75) is 6.92 Å². The van der Waals surface area contributed by atoms with Gasteiger partial charge in [-0.1, -0.05) is 29.8 Å². The molecule has 0 atom stereocenters. The molecule has 5 nitrogen and oxygen atoms in total. The quantitative estimate of drug-likeness (QED) is 0.801. The number of rotatable bonds is 3. The van der Waals surface area contributed by atoms with Crippen molar-refractivity contribution in [2.24, 2.45) is 0 Å². The van der Waals surface area contributed by atoms with Crippen LogP contribution in [0.5, 0.6) is 0 Å². The highest BCUT2D eigenvalue weighted by Gasteiger charge is 2.10. The topological polar surface area (TPSA) is 59.8 Å². The summed E-state index contributed by atoms with van der Waals surface area (Å²) < 4.78 is 1.62. The van der Waals surface area contributed by atoms with Crippen molar-refractivity contribution in [3.8, 4) is 5.69 Å². The van der Waals surface area contributed by atoms with E-state index in [2.05, 4.69) is 15.4 Å². The molecule has 1 N–H and O–H groups in total. The van der Waals surface area contributed by atoms with Crippen molar-refractivity contribution >= 4 is 11.6 Å². The van der Waals surface area contributed by atoms with E-state index in [0.717, 1.165) is 11.3 Å². The van der Waals surface area contributed by atoms with Crippen LogP contribution in [0.15, 0.2) is 61.2 Å². The average molecular weight is 278 g/mol. The van der Waals surface area contributed by atoms with Crippen LogP contribution < -0.4 is 5.32 Å². The Morgan fingerprint density at radius 2 is 2.00 bits per heavy atom. The lowest BCUT2D eigenvalue weighted by Gasteiger charge is -2.10. The SMILES string of the molecule is Cc1cccc(C(=O)Nc2ccccc2-n2cncn2)c1. The summed E-state index contributed by atoms with van der Waals surface area (Å²) in [6, 6.07) is 14.9. The van der Waals surface area contributed by atoms with Crippen LogP contribution in [0, 0.1) is 6.92 Å². The third kappa shape index (κ3) is 2.81. The fraction of sp³-hybridized carbons (Fsp3) is 0.0625. The minimum absolute atomic E-state index is 0.147. The van der Waals surface area contributed by atoms with Gasteiger partial charge in [0.2, 0.25) is 0 Å². The van der Waals surface area contributed by atoms with E-state index >= 15 is 0 Å². The maximum Gasteiger partial charge on any atom is 0.255 e. The fourth-order valence-corrected chi connectivity index (χ4v) is 2.09. The summed E-state index contributed by atoms with van der Waals surface area (Å²) in [5.74, 6) is -0.147. The molecule has 0 unspecified atom stereocenters. The van der Waals surface area contributed by atoms with Gasteiger partial charge in [0.25, 0.3) is 5.91 Å². The van der Waals surface area contributed by atoms with Crippen LogP contribution in [0.2, 0.25) is 0 Å². The molecule has 0 saturated heterocycles. The van der Waals surface area contributed by atoms with Gasteiger partial charge in [-0.15, -0.1) is 0 Å². The highest BCUT2D eigenvalue weighted by atomic mass is 16.1. The molecular formula is C16H14N4O. The molecule has 0 bridgehead atoms. The first-order valence-electron chi connectivity index (χ1n) is 6.56. The van der Waals surface area contributed by atoms with Crippen molar-refractivity contribution in [1.82, 2.24) is 14.8 Å². The maximum absolute atomic E-state index is 12.3. The highest BCUT2D eigenvalue weighted by Crippen LogP contribution is 2.19. The standard InChI is InChI=1S/C16H14N4O/c1-12-5-4-6-13(9-12)16(21)19-14-7-2-3-8-15(14)20-11-17-10-18-20/h2-11H,1H3,(H,19,21). The number of benzene rings is 2. The Labute approximate surface area is 122 Å². The normalized spacial score (nSPS) is 10.3. The smallest absolute Gasteiger partial charge is 0.255 e. The summed E-state index contributed by atoms with van der Waals surface area (Å²) in [5.41, 5.74) is 3.14. The number of nitrogens with one attached hydrogen (secondary N) is 1. The number of para-hydroxylation sites is 2. The molecule has 2 aromatic carbocycles. The molecule has 1 amide bonds. The summed E-state index contributed by atoms with van der Waals surface area (Å²) >= 11 is 0. The van der Waals surface area contributed by atoms with E-state index < -0.39 is 0 Å². The van der Waals surface area contributed by atoms with E-state index in [0.29, 0.717) is 11.3 Å². The number of carbonyl (C=O) groups excluding carboxylic acids is 1. The zero-order valence-corrected chi connectivity index (χ0v) is 11.5. The molecule has 1 heterocycles. The molecule has 0 fully saturated rings. The largest absolute Gasteiger partial charge is 0.320 e. The molecule has 5 heteroatoms. The number of anilines is 1. The lowest BCUT2D eigenvalue weighted by atomic mass is 10.1. The van der Waals surface area contributed by atoms with Crippen molar-refractivity contribution in [3.05, 3.63) is 72.3 Å². The maximum atomic E-state index is 12.3. The molecule has 0 radical (unpaired) electrons. The zero-order valence-electron chi connectivity index (χ0n) is 11.5. The minimum atomic E-state index is -0.147. The Hall–Kier alpha value is -2.95.